The Labute approximate surface area is 224 Å². The first-order valence-corrected chi connectivity index (χ1v) is 12.1. The van der Waals surface area contributed by atoms with E-state index in [0.29, 0.717) is 11.3 Å². The van der Waals surface area contributed by atoms with Crippen molar-refractivity contribution in [1.29, 1.82) is 0 Å². The summed E-state index contributed by atoms with van der Waals surface area (Å²) in [4.78, 5) is 55.2. The summed E-state index contributed by atoms with van der Waals surface area (Å²) in [5.74, 6) is -3.51. The molecule has 2 aliphatic rings. The molecule has 0 radical (unpaired) electrons. The average Bonchev–Trinajstić information content (AvgIpc) is 3.45. The number of anilines is 2. The summed E-state index contributed by atoms with van der Waals surface area (Å²) in [5.41, 5.74) is 1.45. The van der Waals surface area contributed by atoms with Gasteiger partial charge in [-0.25, -0.2) is 14.4 Å². The smallest absolute Gasteiger partial charge is 0.341 e. The molecule has 2 aliphatic heterocycles. The second kappa shape index (κ2) is 11.5. The van der Waals surface area contributed by atoms with Crippen molar-refractivity contribution in [3.05, 3.63) is 94.0 Å². The SMILES string of the molecule is [C-]#[N+]C1=C(C)/C(=C\C=C\c2ccc(N3CCCC3)cc2OCC(=O)O)C(=O)N(c2cccc(C(=O)O)c2)C1=O. The first-order chi connectivity index (χ1) is 18.7. The molecular weight excluding hydrogens is 502 g/mol. The fraction of sp³-hybridized carbons (Fsp3) is 0.207. The van der Waals surface area contributed by atoms with Crippen molar-refractivity contribution in [3.63, 3.8) is 0 Å². The Bertz CT molecular complexity index is 1490. The zero-order chi connectivity index (χ0) is 28.1. The lowest BCUT2D eigenvalue weighted by Gasteiger charge is -2.27. The Morgan fingerprint density at radius 2 is 1.79 bits per heavy atom. The molecular formula is C29H25N3O7. The van der Waals surface area contributed by atoms with E-state index in [4.69, 9.17) is 16.4 Å². The molecule has 0 saturated carbocycles. The number of amides is 2. The third-order valence-electron chi connectivity index (χ3n) is 6.42. The third kappa shape index (κ3) is 5.72. The number of imide groups is 1. The number of rotatable bonds is 8. The van der Waals surface area contributed by atoms with E-state index >= 15 is 0 Å². The lowest BCUT2D eigenvalue weighted by molar-refractivity contribution is -0.139. The summed E-state index contributed by atoms with van der Waals surface area (Å²) in [6.45, 7) is 10.3. The van der Waals surface area contributed by atoms with Gasteiger partial charge in [-0.05, 0) is 55.7 Å². The highest BCUT2D eigenvalue weighted by Crippen LogP contribution is 2.32. The molecule has 0 aromatic heterocycles. The van der Waals surface area contributed by atoms with Gasteiger partial charge in [0.25, 0.3) is 17.5 Å². The molecule has 2 aromatic carbocycles. The van der Waals surface area contributed by atoms with Gasteiger partial charge in [-0.2, -0.15) is 0 Å². The van der Waals surface area contributed by atoms with Gasteiger partial charge in [0.2, 0.25) is 0 Å². The number of benzene rings is 2. The van der Waals surface area contributed by atoms with Gasteiger partial charge in [-0.15, -0.1) is 0 Å². The van der Waals surface area contributed by atoms with Crippen molar-refractivity contribution >= 4 is 41.2 Å². The van der Waals surface area contributed by atoms with Crippen LogP contribution in [0.5, 0.6) is 5.75 Å². The van der Waals surface area contributed by atoms with Crippen LogP contribution >= 0.6 is 0 Å². The van der Waals surface area contributed by atoms with E-state index in [0.717, 1.165) is 36.5 Å². The number of aromatic carboxylic acids is 1. The number of nitrogens with zero attached hydrogens (tertiary/aromatic N) is 3. The fourth-order valence-electron chi connectivity index (χ4n) is 4.45. The molecule has 10 heteroatoms. The van der Waals surface area contributed by atoms with E-state index in [-0.39, 0.29) is 28.1 Å². The van der Waals surface area contributed by atoms with Crippen LogP contribution in [0.25, 0.3) is 10.9 Å². The van der Waals surface area contributed by atoms with Crippen LogP contribution in [-0.4, -0.2) is 53.7 Å². The van der Waals surface area contributed by atoms with Gasteiger partial charge in [-0.3, -0.25) is 14.5 Å². The summed E-state index contributed by atoms with van der Waals surface area (Å²) >= 11 is 0. The van der Waals surface area contributed by atoms with Gasteiger partial charge in [0.05, 0.1) is 17.8 Å². The Hall–Kier alpha value is -5.17. The Morgan fingerprint density at radius 3 is 2.46 bits per heavy atom. The van der Waals surface area contributed by atoms with E-state index in [9.17, 15) is 24.3 Å². The molecule has 0 aliphatic carbocycles. The first-order valence-electron chi connectivity index (χ1n) is 12.1. The fourth-order valence-corrected chi connectivity index (χ4v) is 4.45. The number of hydrogen-bond acceptors (Lipinski definition) is 6. The highest BCUT2D eigenvalue weighted by molar-refractivity contribution is 6.30. The number of carbonyl (C=O) groups excluding carboxylic acids is 2. The quantitative estimate of drug-likeness (QED) is 0.298. The molecule has 10 nitrogen and oxygen atoms in total. The highest BCUT2D eigenvalue weighted by Gasteiger charge is 2.36. The van der Waals surface area contributed by atoms with Gasteiger partial charge in [0, 0.05) is 36.0 Å². The van der Waals surface area contributed by atoms with Crippen LogP contribution in [0.1, 0.15) is 35.7 Å². The molecule has 1 saturated heterocycles. The number of ether oxygens (including phenoxy) is 1. The van der Waals surface area contributed by atoms with Gasteiger partial charge < -0.3 is 19.8 Å². The standard InChI is InChI=1S/C29H25N3O7/c1-18-23(27(35)32(28(36)26(18)30-2)22-9-5-8-20(15-22)29(37)38)10-6-7-19-11-12-21(31-13-3-4-14-31)16-24(19)39-17-25(33)34/h5-12,15-16H,3-4,13-14,17H2,1H3,(H,33,34)(H,37,38)/b7-6+,23-10+. The van der Waals surface area contributed by atoms with Crippen molar-refractivity contribution < 1.29 is 34.1 Å². The molecule has 0 spiro atoms. The van der Waals surface area contributed by atoms with Gasteiger partial charge in [-0.1, -0.05) is 24.3 Å². The largest absolute Gasteiger partial charge is 0.481 e. The molecule has 2 N–H and O–H groups in total. The number of carboxylic acid groups (broad SMARTS) is 2. The summed E-state index contributed by atoms with van der Waals surface area (Å²) in [5, 5.41) is 18.4. The lowest BCUT2D eigenvalue weighted by Crippen LogP contribution is -2.42. The van der Waals surface area contributed by atoms with Crippen LogP contribution in [0.4, 0.5) is 11.4 Å². The van der Waals surface area contributed by atoms with E-state index in [1.807, 2.05) is 6.07 Å². The topological polar surface area (TPSA) is 129 Å². The van der Waals surface area contributed by atoms with E-state index in [2.05, 4.69) is 9.74 Å². The minimum absolute atomic E-state index is 0.0373. The van der Waals surface area contributed by atoms with E-state index < -0.39 is 30.4 Å². The second-order valence-corrected chi connectivity index (χ2v) is 8.92. The van der Waals surface area contributed by atoms with Crippen molar-refractivity contribution in [2.75, 3.05) is 29.5 Å². The first kappa shape index (κ1) is 26.9. The van der Waals surface area contributed by atoms with Gasteiger partial charge in [0.1, 0.15) is 5.75 Å². The zero-order valence-corrected chi connectivity index (χ0v) is 21.1. The molecule has 2 aromatic rings. The van der Waals surface area contributed by atoms with Crippen LogP contribution in [0, 0.1) is 6.57 Å². The summed E-state index contributed by atoms with van der Waals surface area (Å²) in [6, 6.07) is 10.9. The Balaban J connectivity index is 1.69. The second-order valence-electron chi connectivity index (χ2n) is 8.92. The van der Waals surface area contributed by atoms with Crippen LogP contribution in [0.2, 0.25) is 0 Å². The Morgan fingerprint density at radius 1 is 1.05 bits per heavy atom. The molecule has 2 amide bonds. The highest BCUT2D eigenvalue weighted by atomic mass is 16.5. The van der Waals surface area contributed by atoms with Crippen molar-refractivity contribution in [2.24, 2.45) is 0 Å². The number of allylic oxidation sites excluding steroid dienone is 2. The molecule has 0 atom stereocenters. The molecule has 198 valence electrons. The maximum absolute atomic E-state index is 13.4. The molecule has 2 heterocycles. The number of carbonyl (C=O) groups is 4. The van der Waals surface area contributed by atoms with Crippen molar-refractivity contribution in [3.8, 4) is 5.75 Å². The number of aliphatic carboxylic acids is 1. The minimum atomic E-state index is -1.22. The van der Waals surface area contributed by atoms with Crippen molar-refractivity contribution in [1.82, 2.24) is 0 Å². The van der Waals surface area contributed by atoms with Crippen LogP contribution in [-0.2, 0) is 14.4 Å². The molecule has 0 bridgehead atoms. The van der Waals surface area contributed by atoms with Gasteiger partial charge in [0.15, 0.2) is 6.61 Å². The summed E-state index contributed by atoms with van der Waals surface area (Å²) in [7, 11) is 0. The molecule has 1 fully saturated rings. The molecule has 0 unspecified atom stereocenters. The van der Waals surface area contributed by atoms with E-state index in [1.54, 1.807) is 24.3 Å². The predicted molar refractivity (Wildman–Crippen MR) is 143 cm³/mol. The van der Waals surface area contributed by atoms with Crippen LogP contribution < -0.4 is 14.5 Å². The predicted octanol–water partition coefficient (Wildman–Crippen LogP) is 4.15. The van der Waals surface area contributed by atoms with E-state index in [1.165, 1.54) is 37.3 Å². The van der Waals surface area contributed by atoms with Crippen LogP contribution in [0.3, 0.4) is 0 Å². The normalized spacial score (nSPS) is 16.8. The number of carboxylic acids is 2. The summed E-state index contributed by atoms with van der Waals surface area (Å²) in [6.07, 6.45) is 6.81. The summed E-state index contributed by atoms with van der Waals surface area (Å²) < 4.78 is 5.52. The Kier molecular flexibility index (Phi) is 7.91. The molecule has 4 rings (SSSR count). The van der Waals surface area contributed by atoms with Crippen molar-refractivity contribution in [2.45, 2.75) is 19.8 Å². The number of hydrogen-bond donors (Lipinski definition) is 2. The lowest BCUT2D eigenvalue weighted by atomic mass is 9.97. The monoisotopic (exact) mass is 527 g/mol. The molecule has 39 heavy (non-hydrogen) atoms. The maximum atomic E-state index is 13.4. The maximum Gasteiger partial charge on any atom is 0.341 e. The van der Waals surface area contributed by atoms with Gasteiger partial charge >= 0.3 is 11.9 Å². The van der Waals surface area contributed by atoms with Crippen LogP contribution in [0.15, 0.2) is 71.5 Å². The minimum Gasteiger partial charge on any atom is -0.481 e. The zero-order valence-electron chi connectivity index (χ0n) is 21.1. The average molecular weight is 528 g/mol. The third-order valence-corrected chi connectivity index (χ3v) is 6.42.